The Morgan fingerprint density at radius 1 is 1.03 bits per heavy atom. The third kappa shape index (κ3) is 5.09. The molecule has 0 spiro atoms. The molecule has 2 amide bonds. The summed E-state index contributed by atoms with van der Waals surface area (Å²) in [5.41, 5.74) is 1.52. The number of ether oxygens (including phenoxy) is 1. The minimum atomic E-state index is -2.85. The molecule has 2 aromatic carbocycles. The molecule has 170 valence electrons. The predicted octanol–water partition coefficient (Wildman–Crippen LogP) is 4.42. The highest BCUT2D eigenvalue weighted by Crippen LogP contribution is 2.40. The molecule has 0 aromatic heterocycles. The molecule has 32 heavy (non-hydrogen) atoms. The van der Waals surface area contributed by atoms with Crippen LogP contribution < -0.4 is 10.1 Å². The summed E-state index contributed by atoms with van der Waals surface area (Å²) >= 11 is 0. The van der Waals surface area contributed by atoms with Crippen molar-refractivity contribution in [2.24, 2.45) is 5.92 Å². The van der Waals surface area contributed by atoms with Crippen LogP contribution in [0.5, 0.6) is 5.75 Å². The van der Waals surface area contributed by atoms with Crippen molar-refractivity contribution in [3.05, 3.63) is 65.7 Å². The van der Waals surface area contributed by atoms with Gasteiger partial charge in [0.1, 0.15) is 11.8 Å². The Balaban J connectivity index is 1.39. The highest BCUT2D eigenvalue weighted by atomic mass is 19.3. The Labute approximate surface area is 186 Å². The SMILES string of the molecule is O=C(NCCc1ccc(OC(F)F)cc1)C1CC2CCCCC2N1C(=O)c1ccccc1. The fraction of sp³-hybridized carbons (Fsp3) is 0.440. The number of halogens is 2. The monoisotopic (exact) mass is 442 g/mol. The standard InChI is InChI=1S/C25H28F2N2O3/c26-25(27)32-20-12-10-17(11-13-20)14-15-28-23(30)22-16-19-8-4-5-9-21(19)29(22)24(31)18-6-2-1-3-7-18/h1-3,6-7,10-13,19,21-22,25H,4-5,8-9,14-16H2,(H,28,30). The Morgan fingerprint density at radius 3 is 2.47 bits per heavy atom. The minimum absolute atomic E-state index is 0.0743. The third-order valence-corrected chi connectivity index (χ3v) is 6.51. The first-order valence-corrected chi connectivity index (χ1v) is 11.2. The lowest BCUT2D eigenvalue weighted by Crippen LogP contribution is -2.49. The van der Waals surface area contributed by atoms with E-state index in [1.165, 1.54) is 12.1 Å². The van der Waals surface area contributed by atoms with Crippen LogP contribution >= 0.6 is 0 Å². The van der Waals surface area contributed by atoms with E-state index in [4.69, 9.17) is 0 Å². The quantitative estimate of drug-likeness (QED) is 0.691. The van der Waals surface area contributed by atoms with Crippen LogP contribution in [0.4, 0.5) is 8.78 Å². The lowest BCUT2D eigenvalue weighted by atomic mass is 9.84. The number of hydrogen-bond donors (Lipinski definition) is 1. The van der Waals surface area contributed by atoms with Gasteiger partial charge in [-0.1, -0.05) is 43.2 Å². The number of nitrogens with one attached hydrogen (secondary N) is 1. The average molecular weight is 443 g/mol. The zero-order chi connectivity index (χ0) is 22.5. The summed E-state index contributed by atoms with van der Waals surface area (Å²) in [6.07, 6.45) is 5.50. The van der Waals surface area contributed by atoms with E-state index in [0.29, 0.717) is 30.9 Å². The van der Waals surface area contributed by atoms with Gasteiger partial charge in [-0.2, -0.15) is 8.78 Å². The first-order valence-electron chi connectivity index (χ1n) is 11.2. The van der Waals surface area contributed by atoms with Crippen molar-refractivity contribution >= 4 is 11.8 Å². The predicted molar refractivity (Wildman–Crippen MR) is 117 cm³/mol. The van der Waals surface area contributed by atoms with Crippen LogP contribution in [0.3, 0.4) is 0 Å². The van der Waals surface area contributed by atoms with Crippen molar-refractivity contribution in [2.75, 3.05) is 6.54 Å². The van der Waals surface area contributed by atoms with Gasteiger partial charge in [0.15, 0.2) is 0 Å². The molecule has 7 heteroatoms. The molecule has 2 aliphatic rings. The van der Waals surface area contributed by atoms with Gasteiger partial charge in [0, 0.05) is 18.2 Å². The number of benzene rings is 2. The molecule has 2 fully saturated rings. The lowest BCUT2D eigenvalue weighted by molar-refractivity contribution is -0.125. The lowest BCUT2D eigenvalue weighted by Gasteiger charge is -2.33. The smallest absolute Gasteiger partial charge is 0.387 e. The molecule has 1 aliphatic heterocycles. The van der Waals surface area contributed by atoms with Crippen molar-refractivity contribution in [1.82, 2.24) is 10.2 Å². The number of alkyl halides is 2. The molecule has 3 unspecified atom stereocenters. The number of nitrogens with zero attached hydrogens (tertiary/aromatic N) is 1. The van der Waals surface area contributed by atoms with Gasteiger partial charge < -0.3 is 15.0 Å². The number of rotatable bonds is 7. The van der Waals surface area contributed by atoms with E-state index in [1.807, 2.05) is 23.1 Å². The van der Waals surface area contributed by atoms with E-state index in [-0.39, 0.29) is 23.6 Å². The molecular formula is C25H28F2N2O3. The normalized spacial score (nSPS) is 22.5. The molecule has 0 radical (unpaired) electrons. The fourth-order valence-corrected chi connectivity index (χ4v) is 5.00. The van der Waals surface area contributed by atoms with Crippen LogP contribution in [0.25, 0.3) is 0 Å². The Hall–Kier alpha value is -2.96. The second kappa shape index (κ2) is 10.1. The summed E-state index contributed by atoms with van der Waals surface area (Å²) < 4.78 is 28.9. The topological polar surface area (TPSA) is 58.6 Å². The zero-order valence-electron chi connectivity index (χ0n) is 17.9. The second-order valence-electron chi connectivity index (χ2n) is 8.51. The number of fused-ring (bicyclic) bond motifs is 1. The molecule has 5 nitrogen and oxygen atoms in total. The summed E-state index contributed by atoms with van der Waals surface area (Å²) in [5, 5.41) is 2.98. The molecule has 1 N–H and O–H groups in total. The van der Waals surface area contributed by atoms with Gasteiger partial charge in [-0.3, -0.25) is 9.59 Å². The summed E-state index contributed by atoms with van der Waals surface area (Å²) in [6, 6.07) is 15.2. The van der Waals surface area contributed by atoms with Gasteiger partial charge in [0.05, 0.1) is 0 Å². The van der Waals surface area contributed by atoms with Gasteiger partial charge in [-0.25, -0.2) is 0 Å². The first kappa shape index (κ1) is 22.2. The van der Waals surface area contributed by atoms with Crippen molar-refractivity contribution < 1.29 is 23.1 Å². The van der Waals surface area contributed by atoms with Gasteiger partial charge in [-0.15, -0.1) is 0 Å². The van der Waals surface area contributed by atoms with Crippen LogP contribution in [0.1, 0.15) is 48.0 Å². The summed E-state index contributed by atoms with van der Waals surface area (Å²) in [7, 11) is 0. The maximum atomic E-state index is 13.3. The van der Waals surface area contributed by atoms with Crippen molar-refractivity contribution in [3.8, 4) is 5.75 Å². The number of likely N-dealkylation sites (tertiary alicyclic amines) is 1. The maximum absolute atomic E-state index is 13.3. The van der Waals surface area contributed by atoms with E-state index in [2.05, 4.69) is 10.1 Å². The summed E-state index contributed by atoms with van der Waals surface area (Å²) in [5.74, 6) is 0.280. The van der Waals surface area contributed by atoms with Crippen LogP contribution in [-0.4, -0.2) is 42.0 Å². The molecule has 4 rings (SSSR count). The average Bonchev–Trinajstić information content (AvgIpc) is 3.19. The summed E-state index contributed by atoms with van der Waals surface area (Å²) in [4.78, 5) is 28.2. The largest absolute Gasteiger partial charge is 0.435 e. The second-order valence-corrected chi connectivity index (χ2v) is 8.51. The molecule has 1 aliphatic carbocycles. The molecular weight excluding hydrogens is 414 g/mol. The third-order valence-electron chi connectivity index (χ3n) is 6.51. The van der Waals surface area contributed by atoms with Crippen molar-refractivity contribution in [1.29, 1.82) is 0 Å². The zero-order valence-corrected chi connectivity index (χ0v) is 17.9. The Morgan fingerprint density at radius 2 is 1.75 bits per heavy atom. The van der Waals surface area contributed by atoms with Crippen LogP contribution in [0.15, 0.2) is 54.6 Å². The van der Waals surface area contributed by atoms with E-state index in [0.717, 1.165) is 31.2 Å². The van der Waals surface area contributed by atoms with E-state index < -0.39 is 12.7 Å². The van der Waals surface area contributed by atoms with E-state index in [9.17, 15) is 18.4 Å². The van der Waals surface area contributed by atoms with Crippen molar-refractivity contribution in [2.45, 2.75) is 57.2 Å². The fourth-order valence-electron chi connectivity index (χ4n) is 5.00. The van der Waals surface area contributed by atoms with E-state index >= 15 is 0 Å². The van der Waals surface area contributed by atoms with Gasteiger partial charge >= 0.3 is 6.61 Å². The van der Waals surface area contributed by atoms with Crippen LogP contribution in [0, 0.1) is 5.92 Å². The van der Waals surface area contributed by atoms with Gasteiger partial charge in [0.2, 0.25) is 5.91 Å². The van der Waals surface area contributed by atoms with Crippen LogP contribution in [-0.2, 0) is 11.2 Å². The number of carbonyl (C=O) groups excluding carboxylic acids is 2. The van der Waals surface area contributed by atoms with E-state index in [1.54, 1.807) is 24.3 Å². The molecule has 1 saturated heterocycles. The molecule has 1 heterocycles. The Bertz CT molecular complexity index is 921. The maximum Gasteiger partial charge on any atom is 0.387 e. The molecule has 3 atom stereocenters. The summed E-state index contributed by atoms with van der Waals surface area (Å²) in [6.45, 7) is -2.44. The highest BCUT2D eigenvalue weighted by molar-refractivity contribution is 5.98. The van der Waals surface area contributed by atoms with Gasteiger partial charge in [0.25, 0.3) is 5.91 Å². The van der Waals surface area contributed by atoms with Crippen LogP contribution in [0.2, 0.25) is 0 Å². The number of amides is 2. The highest BCUT2D eigenvalue weighted by Gasteiger charge is 2.47. The molecule has 2 aromatic rings. The Kier molecular flexibility index (Phi) is 7.02. The number of carbonyl (C=O) groups is 2. The van der Waals surface area contributed by atoms with Crippen molar-refractivity contribution in [3.63, 3.8) is 0 Å². The van der Waals surface area contributed by atoms with Gasteiger partial charge in [-0.05, 0) is 61.4 Å². The molecule has 0 bridgehead atoms. The molecule has 1 saturated carbocycles. The minimum Gasteiger partial charge on any atom is -0.435 e. The number of hydrogen-bond acceptors (Lipinski definition) is 3. The first-order chi connectivity index (χ1) is 15.5.